The van der Waals surface area contributed by atoms with Crippen molar-refractivity contribution in [2.24, 2.45) is 7.05 Å². The summed E-state index contributed by atoms with van der Waals surface area (Å²) in [6.07, 6.45) is 1.89. The van der Waals surface area contributed by atoms with Crippen LogP contribution in [0.15, 0.2) is 89.5 Å². The molecule has 0 amide bonds. The topological polar surface area (TPSA) is 114 Å². The highest BCUT2D eigenvalue weighted by atomic mass is 79.9. The molecular formula is C26H24BrN3O5. The lowest BCUT2D eigenvalue weighted by atomic mass is 10.2. The van der Waals surface area contributed by atoms with Gasteiger partial charge in [-0.3, -0.25) is 0 Å². The molecule has 0 aliphatic carbocycles. The van der Waals surface area contributed by atoms with E-state index in [-0.39, 0.29) is 0 Å². The highest BCUT2D eigenvalue weighted by Gasteiger charge is 2.09. The Hall–Kier alpha value is -4.11. The van der Waals surface area contributed by atoms with E-state index in [4.69, 9.17) is 24.5 Å². The molecule has 9 heteroatoms. The van der Waals surface area contributed by atoms with Gasteiger partial charge in [0.05, 0.1) is 11.9 Å². The van der Waals surface area contributed by atoms with Crippen molar-refractivity contribution in [2.75, 3.05) is 5.32 Å². The fourth-order valence-electron chi connectivity index (χ4n) is 3.13. The van der Waals surface area contributed by atoms with Crippen LogP contribution < -0.4 is 10.1 Å². The number of carboxylic acids is 2. The Balaban J connectivity index is 0.000000509. The smallest absolute Gasteiger partial charge is 0.414 e. The van der Waals surface area contributed by atoms with Gasteiger partial charge in [0.2, 0.25) is 5.95 Å². The summed E-state index contributed by atoms with van der Waals surface area (Å²) in [6.45, 7) is 1.24. The number of nitrogens with zero attached hydrogens (tertiary/aromatic N) is 2. The molecule has 1 heterocycles. The van der Waals surface area contributed by atoms with Crippen molar-refractivity contribution in [3.63, 3.8) is 0 Å². The standard InChI is InChI=1S/C24H22BrN3O.C2H2O4/c1-28-23(20-10-12-21(25)13-11-20)16-27-24(28)26-15-19-8-5-9-22(14-19)29-17-18-6-3-2-4-7-18;3-1(4)2(5)6/h2-14,16H,15,17H2,1H3,(H,26,27);(H,3,4)(H,5,6). The third-order valence-corrected chi connectivity index (χ3v) is 5.44. The van der Waals surface area contributed by atoms with E-state index in [2.05, 4.69) is 67.2 Å². The summed E-state index contributed by atoms with van der Waals surface area (Å²) in [4.78, 5) is 22.7. The van der Waals surface area contributed by atoms with Crippen LogP contribution in [0.5, 0.6) is 5.75 Å². The van der Waals surface area contributed by atoms with Crippen molar-refractivity contribution < 1.29 is 24.5 Å². The lowest BCUT2D eigenvalue weighted by Gasteiger charge is -2.10. The number of ether oxygens (including phenoxy) is 1. The molecule has 35 heavy (non-hydrogen) atoms. The maximum atomic E-state index is 9.10. The van der Waals surface area contributed by atoms with E-state index < -0.39 is 11.9 Å². The molecular weight excluding hydrogens is 514 g/mol. The third kappa shape index (κ3) is 7.72. The summed E-state index contributed by atoms with van der Waals surface area (Å²) in [5, 5.41) is 18.2. The third-order valence-electron chi connectivity index (χ3n) is 4.91. The number of anilines is 1. The van der Waals surface area contributed by atoms with Gasteiger partial charge in [-0.25, -0.2) is 14.6 Å². The molecule has 0 bridgehead atoms. The molecule has 0 unspecified atom stereocenters. The minimum Gasteiger partial charge on any atom is -0.489 e. The van der Waals surface area contributed by atoms with Gasteiger partial charge in [0, 0.05) is 18.1 Å². The van der Waals surface area contributed by atoms with Crippen LogP contribution in [-0.4, -0.2) is 31.7 Å². The number of rotatable bonds is 7. The van der Waals surface area contributed by atoms with Gasteiger partial charge in [-0.15, -0.1) is 0 Å². The van der Waals surface area contributed by atoms with E-state index in [0.29, 0.717) is 13.2 Å². The number of imidazole rings is 1. The first-order chi connectivity index (χ1) is 16.8. The van der Waals surface area contributed by atoms with Crippen LogP contribution in [0, 0.1) is 0 Å². The Morgan fingerprint density at radius 2 is 1.60 bits per heavy atom. The van der Waals surface area contributed by atoms with Crippen LogP contribution in [0.2, 0.25) is 0 Å². The zero-order chi connectivity index (χ0) is 25.2. The summed E-state index contributed by atoms with van der Waals surface area (Å²) in [6, 6.07) is 26.6. The number of halogens is 1. The number of aliphatic carboxylic acids is 2. The normalized spacial score (nSPS) is 10.1. The van der Waals surface area contributed by atoms with Crippen LogP contribution in [0.1, 0.15) is 11.1 Å². The zero-order valence-electron chi connectivity index (χ0n) is 18.9. The first-order valence-electron chi connectivity index (χ1n) is 10.6. The Morgan fingerprint density at radius 3 is 2.26 bits per heavy atom. The van der Waals surface area contributed by atoms with Crippen LogP contribution in [0.4, 0.5) is 5.95 Å². The van der Waals surface area contributed by atoms with Gasteiger partial charge in [-0.2, -0.15) is 0 Å². The van der Waals surface area contributed by atoms with Gasteiger partial charge >= 0.3 is 11.9 Å². The predicted octanol–water partition coefficient (Wildman–Crippen LogP) is 5.20. The second-order valence-corrected chi connectivity index (χ2v) is 8.33. The molecule has 0 fully saturated rings. The summed E-state index contributed by atoms with van der Waals surface area (Å²) >= 11 is 3.48. The minimum absolute atomic E-state index is 0.563. The van der Waals surface area contributed by atoms with Crippen molar-refractivity contribution in [1.82, 2.24) is 9.55 Å². The molecule has 4 rings (SSSR count). The maximum Gasteiger partial charge on any atom is 0.414 e. The Kier molecular flexibility index (Phi) is 9.02. The van der Waals surface area contributed by atoms with Gasteiger partial charge in [0.15, 0.2) is 0 Å². The first kappa shape index (κ1) is 25.5. The van der Waals surface area contributed by atoms with Crippen molar-refractivity contribution >= 4 is 33.8 Å². The monoisotopic (exact) mass is 537 g/mol. The largest absolute Gasteiger partial charge is 0.489 e. The molecule has 3 aromatic carbocycles. The Morgan fingerprint density at radius 1 is 0.943 bits per heavy atom. The first-order valence-corrected chi connectivity index (χ1v) is 11.4. The summed E-state index contributed by atoms with van der Waals surface area (Å²) < 4.78 is 9.06. The summed E-state index contributed by atoms with van der Waals surface area (Å²) in [5.41, 5.74) is 4.50. The molecule has 0 aliphatic heterocycles. The molecule has 0 aliphatic rings. The molecule has 1 aromatic heterocycles. The quantitative estimate of drug-likeness (QED) is 0.277. The highest BCUT2D eigenvalue weighted by molar-refractivity contribution is 9.10. The summed E-state index contributed by atoms with van der Waals surface area (Å²) in [7, 11) is 2.02. The van der Waals surface area contributed by atoms with E-state index in [1.807, 2.05) is 55.7 Å². The number of nitrogens with one attached hydrogen (secondary N) is 1. The Labute approximate surface area is 211 Å². The van der Waals surface area contributed by atoms with Crippen molar-refractivity contribution in [1.29, 1.82) is 0 Å². The van der Waals surface area contributed by atoms with Gasteiger partial charge in [-0.05, 0) is 41.0 Å². The zero-order valence-corrected chi connectivity index (χ0v) is 20.5. The van der Waals surface area contributed by atoms with Crippen molar-refractivity contribution in [3.05, 3.63) is 101 Å². The highest BCUT2D eigenvalue weighted by Crippen LogP contribution is 2.24. The lowest BCUT2D eigenvalue weighted by Crippen LogP contribution is -2.09. The van der Waals surface area contributed by atoms with Crippen LogP contribution in [0.3, 0.4) is 0 Å². The number of benzene rings is 3. The molecule has 0 radical (unpaired) electrons. The average molecular weight is 538 g/mol. The van der Waals surface area contributed by atoms with E-state index >= 15 is 0 Å². The van der Waals surface area contributed by atoms with Crippen molar-refractivity contribution in [2.45, 2.75) is 13.2 Å². The lowest BCUT2D eigenvalue weighted by molar-refractivity contribution is -0.159. The second-order valence-electron chi connectivity index (χ2n) is 7.42. The minimum atomic E-state index is -1.82. The fourth-order valence-corrected chi connectivity index (χ4v) is 3.39. The van der Waals surface area contributed by atoms with E-state index in [1.165, 1.54) is 0 Å². The molecule has 0 saturated heterocycles. The SMILES string of the molecule is Cn1c(-c2ccc(Br)cc2)cnc1NCc1cccc(OCc2ccccc2)c1.O=C(O)C(=O)O. The Bertz CT molecular complexity index is 1260. The predicted molar refractivity (Wildman–Crippen MR) is 136 cm³/mol. The van der Waals surface area contributed by atoms with Crippen LogP contribution in [-0.2, 0) is 29.8 Å². The molecule has 4 aromatic rings. The molecule has 0 atom stereocenters. The van der Waals surface area contributed by atoms with E-state index in [0.717, 1.165) is 38.6 Å². The molecule has 0 saturated carbocycles. The maximum absolute atomic E-state index is 9.10. The molecule has 180 valence electrons. The second kappa shape index (κ2) is 12.4. The number of carboxylic acid groups (broad SMARTS) is 2. The van der Waals surface area contributed by atoms with Gasteiger partial charge in [0.1, 0.15) is 12.4 Å². The van der Waals surface area contributed by atoms with Gasteiger partial charge in [-0.1, -0.05) is 70.5 Å². The molecule has 3 N–H and O–H groups in total. The van der Waals surface area contributed by atoms with Crippen LogP contribution in [0.25, 0.3) is 11.3 Å². The fraction of sp³-hybridized carbons (Fsp3) is 0.115. The average Bonchev–Trinajstić information content (AvgIpc) is 3.23. The van der Waals surface area contributed by atoms with Crippen molar-refractivity contribution in [3.8, 4) is 17.0 Å². The van der Waals surface area contributed by atoms with Crippen LogP contribution >= 0.6 is 15.9 Å². The van der Waals surface area contributed by atoms with Gasteiger partial charge < -0.3 is 24.8 Å². The number of aromatic nitrogens is 2. The van der Waals surface area contributed by atoms with Gasteiger partial charge in [0.25, 0.3) is 0 Å². The molecule has 0 spiro atoms. The van der Waals surface area contributed by atoms with E-state index in [9.17, 15) is 0 Å². The number of hydrogen-bond acceptors (Lipinski definition) is 5. The summed E-state index contributed by atoms with van der Waals surface area (Å²) in [5.74, 6) is -1.95. The number of carbonyl (C=O) groups is 2. The van der Waals surface area contributed by atoms with E-state index in [1.54, 1.807) is 0 Å². The molecule has 8 nitrogen and oxygen atoms in total. The number of hydrogen-bond donors (Lipinski definition) is 3.